The van der Waals surface area contributed by atoms with E-state index in [1.165, 1.54) is 38.5 Å². The lowest BCUT2D eigenvalue weighted by Crippen LogP contribution is -2.34. The molecule has 20 heavy (non-hydrogen) atoms. The molecule has 0 aliphatic heterocycles. The van der Waals surface area contributed by atoms with Crippen LogP contribution in [0.5, 0.6) is 0 Å². The molecule has 4 heteroatoms. The second-order valence-electron chi connectivity index (χ2n) is 6.04. The van der Waals surface area contributed by atoms with E-state index in [9.17, 15) is 4.79 Å². The summed E-state index contributed by atoms with van der Waals surface area (Å²) < 4.78 is 0. The first-order chi connectivity index (χ1) is 9.81. The van der Waals surface area contributed by atoms with Gasteiger partial charge in [-0.15, -0.1) is 0 Å². The number of anilines is 1. The van der Waals surface area contributed by atoms with E-state index in [4.69, 9.17) is 0 Å². The maximum atomic E-state index is 12.3. The number of carbonyl (C=O) groups is 1. The molecule has 1 aromatic heterocycles. The van der Waals surface area contributed by atoms with E-state index in [-0.39, 0.29) is 5.91 Å². The van der Waals surface area contributed by atoms with Crippen LogP contribution >= 0.6 is 0 Å². The van der Waals surface area contributed by atoms with Gasteiger partial charge in [0.25, 0.3) is 5.91 Å². The molecule has 2 aliphatic rings. The molecule has 1 heterocycles. The van der Waals surface area contributed by atoms with E-state index in [0.717, 1.165) is 18.5 Å². The minimum Gasteiger partial charge on any atom is -0.381 e. The van der Waals surface area contributed by atoms with Crippen molar-refractivity contribution in [2.24, 2.45) is 0 Å². The van der Waals surface area contributed by atoms with Gasteiger partial charge >= 0.3 is 0 Å². The molecule has 0 unspecified atom stereocenters. The van der Waals surface area contributed by atoms with E-state index in [1.807, 2.05) is 6.07 Å². The van der Waals surface area contributed by atoms with E-state index < -0.39 is 0 Å². The summed E-state index contributed by atoms with van der Waals surface area (Å²) in [5.41, 5.74) is 1.63. The second kappa shape index (κ2) is 6.25. The van der Waals surface area contributed by atoms with Gasteiger partial charge in [0.05, 0.1) is 11.3 Å². The quantitative estimate of drug-likeness (QED) is 0.829. The predicted octanol–water partition coefficient (Wildman–Crippen LogP) is 3.11. The van der Waals surface area contributed by atoms with Gasteiger partial charge in [-0.25, -0.2) is 0 Å². The number of aromatic nitrogens is 1. The van der Waals surface area contributed by atoms with E-state index in [0.29, 0.717) is 17.6 Å². The molecule has 0 aromatic carbocycles. The predicted molar refractivity (Wildman–Crippen MR) is 79.8 cm³/mol. The molecule has 2 N–H and O–H groups in total. The molecule has 108 valence electrons. The maximum Gasteiger partial charge on any atom is 0.253 e. The van der Waals surface area contributed by atoms with Gasteiger partial charge in [0.15, 0.2) is 0 Å². The van der Waals surface area contributed by atoms with E-state index in [2.05, 4.69) is 15.6 Å². The lowest BCUT2D eigenvalue weighted by molar-refractivity contribution is 0.0933. The number of nitrogens with one attached hydrogen (secondary N) is 2. The highest BCUT2D eigenvalue weighted by Gasteiger charge is 2.21. The van der Waals surface area contributed by atoms with Crippen molar-refractivity contribution in [3.05, 3.63) is 24.0 Å². The minimum atomic E-state index is 0.0175. The SMILES string of the molecule is O=C(NC1CCCCCC1)c1cncc(NC2CC2)c1. The highest BCUT2D eigenvalue weighted by molar-refractivity contribution is 5.94. The van der Waals surface area contributed by atoms with Crippen molar-refractivity contribution >= 4 is 11.6 Å². The van der Waals surface area contributed by atoms with Crippen LogP contribution in [0.15, 0.2) is 18.5 Å². The molecule has 0 atom stereocenters. The zero-order chi connectivity index (χ0) is 13.8. The fourth-order valence-electron chi connectivity index (χ4n) is 2.80. The van der Waals surface area contributed by atoms with E-state index in [1.54, 1.807) is 12.4 Å². The van der Waals surface area contributed by atoms with Crippen molar-refractivity contribution in [1.29, 1.82) is 0 Å². The summed E-state index contributed by atoms with van der Waals surface area (Å²) in [5, 5.41) is 6.55. The van der Waals surface area contributed by atoms with Crippen LogP contribution in [-0.2, 0) is 0 Å². The van der Waals surface area contributed by atoms with Gasteiger partial charge in [-0.2, -0.15) is 0 Å². The Labute approximate surface area is 120 Å². The molecule has 1 amide bonds. The van der Waals surface area contributed by atoms with Gasteiger partial charge in [-0.3, -0.25) is 9.78 Å². The lowest BCUT2D eigenvalue weighted by Gasteiger charge is -2.16. The Morgan fingerprint density at radius 2 is 1.75 bits per heavy atom. The molecule has 0 spiro atoms. The molecule has 0 bridgehead atoms. The average Bonchev–Trinajstić information content (AvgIpc) is 3.27. The molecule has 0 saturated heterocycles. The fraction of sp³-hybridized carbons (Fsp3) is 0.625. The third kappa shape index (κ3) is 3.71. The summed E-state index contributed by atoms with van der Waals surface area (Å²) in [7, 11) is 0. The van der Waals surface area contributed by atoms with Gasteiger partial charge in [-0.05, 0) is 31.7 Å². The van der Waals surface area contributed by atoms with Crippen molar-refractivity contribution in [3.8, 4) is 0 Å². The Kier molecular flexibility index (Phi) is 4.19. The molecule has 1 aromatic rings. The van der Waals surface area contributed by atoms with Gasteiger partial charge in [0.2, 0.25) is 0 Å². The first-order valence-electron chi connectivity index (χ1n) is 7.84. The zero-order valence-electron chi connectivity index (χ0n) is 11.9. The van der Waals surface area contributed by atoms with Crippen LogP contribution in [0.2, 0.25) is 0 Å². The summed E-state index contributed by atoms with van der Waals surface area (Å²) in [6.07, 6.45) is 13.2. The number of nitrogens with zero attached hydrogens (tertiary/aromatic N) is 1. The molecule has 3 rings (SSSR count). The number of pyridine rings is 1. The third-order valence-corrected chi connectivity index (χ3v) is 4.14. The van der Waals surface area contributed by atoms with Crippen LogP contribution < -0.4 is 10.6 Å². The summed E-state index contributed by atoms with van der Waals surface area (Å²) >= 11 is 0. The Balaban J connectivity index is 1.60. The van der Waals surface area contributed by atoms with Crippen molar-refractivity contribution < 1.29 is 4.79 Å². The van der Waals surface area contributed by atoms with Crippen LogP contribution in [0.1, 0.15) is 61.7 Å². The Hall–Kier alpha value is -1.58. The molecule has 2 fully saturated rings. The first-order valence-corrected chi connectivity index (χ1v) is 7.84. The van der Waals surface area contributed by atoms with Gasteiger partial charge in [-0.1, -0.05) is 25.7 Å². The van der Waals surface area contributed by atoms with Crippen molar-refractivity contribution in [2.45, 2.75) is 63.5 Å². The highest BCUT2D eigenvalue weighted by Crippen LogP contribution is 2.24. The van der Waals surface area contributed by atoms with Crippen LogP contribution in [0.3, 0.4) is 0 Å². The van der Waals surface area contributed by atoms with Crippen molar-refractivity contribution in [1.82, 2.24) is 10.3 Å². The first kappa shape index (κ1) is 13.4. The normalized spacial score (nSPS) is 20.2. The van der Waals surface area contributed by atoms with Gasteiger partial charge in [0, 0.05) is 24.5 Å². The van der Waals surface area contributed by atoms with Gasteiger partial charge < -0.3 is 10.6 Å². The number of amides is 1. The van der Waals surface area contributed by atoms with Gasteiger partial charge in [0.1, 0.15) is 0 Å². The molecule has 0 radical (unpaired) electrons. The van der Waals surface area contributed by atoms with Crippen LogP contribution in [-0.4, -0.2) is 23.0 Å². The van der Waals surface area contributed by atoms with Crippen LogP contribution in [0.4, 0.5) is 5.69 Å². The van der Waals surface area contributed by atoms with Crippen molar-refractivity contribution in [3.63, 3.8) is 0 Å². The number of hydrogen-bond donors (Lipinski definition) is 2. The van der Waals surface area contributed by atoms with Crippen molar-refractivity contribution in [2.75, 3.05) is 5.32 Å². The summed E-state index contributed by atoms with van der Waals surface area (Å²) in [5.74, 6) is 0.0175. The molecular weight excluding hydrogens is 250 g/mol. The summed E-state index contributed by atoms with van der Waals surface area (Å²) in [6.45, 7) is 0. The Bertz CT molecular complexity index is 463. The minimum absolute atomic E-state index is 0.0175. The fourth-order valence-corrected chi connectivity index (χ4v) is 2.80. The third-order valence-electron chi connectivity index (χ3n) is 4.14. The Morgan fingerprint density at radius 1 is 1.00 bits per heavy atom. The summed E-state index contributed by atoms with van der Waals surface area (Å²) in [4.78, 5) is 16.5. The number of rotatable bonds is 4. The number of carbonyl (C=O) groups excluding carboxylic acids is 1. The van der Waals surface area contributed by atoms with Crippen LogP contribution in [0.25, 0.3) is 0 Å². The largest absolute Gasteiger partial charge is 0.381 e. The molecule has 4 nitrogen and oxygen atoms in total. The lowest BCUT2D eigenvalue weighted by atomic mass is 10.1. The summed E-state index contributed by atoms with van der Waals surface area (Å²) in [6, 6.07) is 2.83. The smallest absolute Gasteiger partial charge is 0.253 e. The van der Waals surface area contributed by atoms with E-state index >= 15 is 0 Å². The average molecular weight is 273 g/mol. The molecule has 2 aliphatic carbocycles. The molecular formula is C16H23N3O. The monoisotopic (exact) mass is 273 g/mol. The zero-order valence-corrected chi connectivity index (χ0v) is 11.9. The molecule has 2 saturated carbocycles. The maximum absolute atomic E-state index is 12.3. The topological polar surface area (TPSA) is 54.0 Å². The number of hydrogen-bond acceptors (Lipinski definition) is 3. The van der Waals surface area contributed by atoms with Crippen LogP contribution in [0, 0.1) is 0 Å². The highest BCUT2D eigenvalue weighted by atomic mass is 16.1. The Morgan fingerprint density at radius 3 is 2.45 bits per heavy atom. The second-order valence-corrected chi connectivity index (χ2v) is 6.04. The standard InChI is InChI=1S/C16H23N3O/c20-16(19-13-5-3-1-2-4-6-13)12-9-15(11-17-10-12)18-14-7-8-14/h9-11,13-14,18H,1-8H2,(H,19,20).